The number of rotatable bonds is 6. The molecule has 4 aliphatic rings. The van der Waals surface area contributed by atoms with Crippen LogP contribution in [0.4, 0.5) is 0 Å². The van der Waals surface area contributed by atoms with Crippen molar-refractivity contribution >= 4 is 0 Å². The van der Waals surface area contributed by atoms with Crippen LogP contribution in [0.3, 0.4) is 0 Å². The molecule has 4 rings (SSSR count). The Kier molecular flexibility index (Phi) is 5.19. The number of hydrogen-bond acceptors (Lipinski definition) is 2. The second-order valence-corrected chi connectivity index (χ2v) is 9.16. The van der Waals surface area contributed by atoms with Gasteiger partial charge in [0.15, 0.2) is 0 Å². The van der Waals surface area contributed by atoms with Crippen LogP contribution in [-0.2, 0) is 0 Å². The lowest BCUT2D eigenvalue weighted by atomic mass is 9.45. The van der Waals surface area contributed by atoms with Crippen LogP contribution in [0.5, 0.6) is 0 Å². The van der Waals surface area contributed by atoms with Crippen LogP contribution in [0, 0.1) is 29.1 Å². The summed E-state index contributed by atoms with van der Waals surface area (Å²) in [7, 11) is 0. The van der Waals surface area contributed by atoms with Crippen LogP contribution in [0.25, 0.3) is 0 Å². The van der Waals surface area contributed by atoms with Gasteiger partial charge in [-0.2, -0.15) is 0 Å². The molecule has 22 heavy (non-hydrogen) atoms. The van der Waals surface area contributed by atoms with Gasteiger partial charge in [-0.25, -0.2) is 0 Å². The first-order chi connectivity index (χ1) is 10.5. The third-order valence-electron chi connectivity index (χ3n) is 7.71. The lowest BCUT2D eigenvalue weighted by Crippen LogP contribution is -2.60. The minimum absolute atomic E-state index is 0.616. The average Bonchev–Trinajstić information content (AvgIpc) is 2.52. The summed E-state index contributed by atoms with van der Waals surface area (Å²) < 4.78 is 0. The SMILES string of the molecule is C[C@@H]1[C@H]2C[C@@H](C[C@H]1NCCN[C@@H](C)C1CCCCC1)C2(C)C. The topological polar surface area (TPSA) is 24.1 Å². The highest BCUT2D eigenvalue weighted by Gasteiger charge is 2.55. The molecule has 0 heterocycles. The highest BCUT2D eigenvalue weighted by atomic mass is 15.0. The van der Waals surface area contributed by atoms with E-state index in [2.05, 4.69) is 38.3 Å². The van der Waals surface area contributed by atoms with Crippen LogP contribution in [0.15, 0.2) is 0 Å². The van der Waals surface area contributed by atoms with Crippen molar-refractivity contribution in [2.24, 2.45) is 29.1 Å². The van der Waals surface area contributed by atoms with Gasteiger partial charge in [0, 0.05) is 25.2 Å². The van der Waals surface area contributed by atoms with Gasteiger partial charge in [-0.3, -0.25) is 0 Å². The predicted molar refractivity (Wildman–Crippen MR) is 95.0 cm³/mol. The number of hydrogen-bond donors (Lipinski definition) is 2. The Balaban J connectivity index is 1.34. The lowest BCUT2D eigenvalue weighted by molar-refractivity contribution is -0.114. The molecule has 0 amide bonds. The maximum Gasteiger partial charge on any atom is 0.00989 e. The fourth-order valence-electron chi connectivity index (χ4n) is 5.78. The van der Waals surface area contributed by atoms with Crippen molar-refractivity contribution in [3.8, 4) is 0 Å². The molecule has 4 fully saturated rings. The van der Waals surface area contributed by atoms with Crippen LogP contribution in [0.1, 0.15) is 72.6 Å². The Bertz CT molecular complexity index is 359. The van der Waals surface area contributed by atoms with Crippen molar-refractivity contribution in [2.75, 3.05) is 13.1 Å². The second-order valence-electron chi connectivity index (χ2n) is 9.16. The molecule has 4 aliphatic carbocycles. The largest absolute Gasteiger partial charge is 0.313 e. The summed E-state index contributed by atoms with van der Waals surface area (Å²) in [5.41, 5.74) is 0.616. The molecule has 128 valence electrons. The third kappa shape index (κ3) is 3.24. The van der Waals surface area contributed by atoms with Gasteiger partial charge >= 0.3 is 0 Å². The summed E-state index contributed by atoms with van der Waals surface area (Å²) in [5.74, 6) is 3.71. The zero-order valence-corrected chi connectivity index (χ0v) is 15.3. The zero-order chi connectivity index (χ0) is 15.7. The molecule has 0 aliphatic heterocycles. The summed E-state index contributed by atoms with van der Waals surface area (Å²) in [6.07, 6.45) is 10.1. The van der Waals surface area contributed by atoms with Crippen molar-refractivity contribution in [1.29, 1.82) is 0 Å². The summed E-state index contributed by atoms with van der Waals surface area (Å²) in [4.78, 5) is 0. The minimum Gasteiger partial charge on any atom is -0.313 e. The van der Waals surface area contributed by atoms with Crippen LogP contribution < -0.4 is 10.6 Å². The highest BCUT2D eigenvalue weighted by Crippen LogP contribution is 2.61. The second kappa shape index (κ2) is 6.81. The molecular formula is C20H38N2. The van der Waals surface area contributed by atoms with Gasteiger partial charge in [-0.05, 0) is 61.7 Å². The molecule has 5 atom stereocenters. The average molecular weight is 307 g/mol. The molecular weight excluding hydrogens is 268 g/mol. The molecule has 2 heteroatoms. The van der Waals surface area contributed by atoms with Crippen molar-refractivity contribution in [2.45, 2.75) is 84.7 Å². The monoisotopic (exact) mass is 306 g/mol. The summed E-state index contributed by atoms with van der Waals surface area (Å²) in [5, 5.41) is 7.65. The van der Waals surface area contributed by atoms with Gasteiger partial charge in [0.25, 0.3) is 0 Å². The normalized spacial score (nSPS) is 39.3. The molecule has 0 radical (unpaired) electrons. The molecule has 0 aromatic heterocycles. The summed E-state index contributed by atoms with van der Waals surface area (Å²) in [6, 6.07) is 1.47. The maximum absolute atomic E-state index is 3.87. The van der Waals surface area contributed by atoms with Gasteiger partial charge in [0.2, 0.25) is 0 Å². The Labute approximate surface area is 138 Å². The van der Waals surface area contributed by atoms with Crippen LogP contribution in [-0.4, -0.2) is 25.2 Å². The third-order valence-corrected chi connectivity index (χ3v) is 7.71. The van der Waals surface area contributed by atoms with E-state index in [1.807, 2.05) is 0 Å². The molecule has 2 bridgehead atoms. The van der Waals surface area contributed by atoms with Crippen LogP contribution in [0.2, 0.25) is 0 Å². The molecule has 4 saturated carbocycles. The van der Waals surface area contributed by atoms with E-state index in [-0.39, 0.29) is 0 Å². The first kappa shape index (κ1) is 16.8. The Morgan fingerprint density at radius 1 is 1.05 bits per heavy atom. The fraction of sp³-hybridized carbons (Fsp3) is 1.00. The molecule has 2 nitrogen and oxygen atoms in total. The van der Waals surface area contributed by atoms with Gasteiger partial charge in [0.05, 0.1) is 0 Å². The van der Waals surface area contributed by atoms with Crippen molar-refractivity contribution in [3.63, 3.8) is 0 Å². The van der Waals surface area contributed by atoms with E-state index in [4.69, 9.17) is 0 Å². The number of fused-ring (bicyclic) bond motifs is 2. The maximum atomic E-state index is 3.87. The molecule has 0 unspecified atom stereocenters. The predicted octanol–water partition coefficient (Wildman–Crippen LogP) is 4.21. The Morgan fingerprint density at radius 3 is 2.41 bits per heavy atom. The minimum atomic E-state index is 0.616. The zero-order valence-electron chi connectivity index (χ0n) is 15.3. The van der Waals surface area contributed by atoms with E-state index in [9.17, 15) is 0 Å². The quantitative estimate of drug-likeness (QED) is 0.719. The van der Waals surface area contributed by atoms with Gasteiger partial charge in [0.1, 0.15) is 0 Å². The van der Waals surface area contributed by atoms with E-state index in [1.54, 1.807) is 0 Å². The first-order valence-corrected chi connectivity index (χ1v) is 9.97. The highest BCUT2D eigenvalue weighted by molar-refractivity contribution is 5.06. The van der Waals surface area contributed by atoms with Crippen LogP contribution >= 0.6 is 0 Å². The molecule has 0 spiro atoms. The lowest BCUT2D eigenvalue weighted by Gasteiger charge is -2.62. The van der Waals surface area contributed by atoms with Crippen molar-refractivity contribution in [3.05, 3.63) is 0 Å². The van der Waals surface area contributed by atoms with E-state index < -0.39 is 0 Å². The van der Waals surface area contributed by atoms with E-state index >= 15 is 0 Å². The van der Waals surface area contributed by atoms with Crippen molar-refractivity contribution in [1.82, 2.24) is 10.6 Å². The van der Waals surface area contributed by atoms with E-state index in [0.29, 0.717) is 11.5 Å². The smallest absolute Gasteiger partial charge is 0.00989 e. The van der Waals surface area contributed by atoms with Gasteiger partial charge < -0.3 is 10.6 Å². The van der Waals surface area contributed by atoms with Crippen molar-refractivity contribution < 1.29 is 0 Å². The molecule has 0 aromatic carbocycles. The van der Waals surface area contributed by atoms with E-state index in [1.165, 1.54) is 44.9 Å². The molecule has 0 aromatic rings. The first-order valence-electron chi connectivity index (χ1n) is 9.97. The number of nitrogens with one attached hydrogen (secondary N) is 2. The molecule has 0 saturated heterocycles. The Hall–Kier alpha value is -0.0800. The molecule has 2 N–H and O–H groups in total. The summed E-state index contributed by atoms with van der Waals surface area (Å²) >= 11 is 0. The van der Waals surface area contributed by atoms with Gasteiger partial charge in [-0.15, -0.1) is 0 Å². The standard InChI is InChI=1S/C20H38N2/c1-14-18-12-17(20(18,3)4)13-19(14)22-11-10-21-15(2)16-8-6-5-7-9-16/h14-19,21-22H,5-13H2,1-4H3/t14-,15+,17+,18-,19-/m1/s1. The van der Waals surface area contributed by atoms with Gasteiger partial charge in [-0.1, -0.05) is 40.0 Å². The van der Waals surface area contributed by atoms with E-state index in [0.717, 1.165) is 42.8 Å². The Morgan fingerprint density at radius 2 is 1.77 bits per heavy atom. The summed E-state index contributed by atoms with van der Waals surface area (Å²) in [6.45, 7) is 12.2. The fourth-order valence-corrected chi connectivity index (χ4v) is 5.78.